The Hall–Kier alpha value is -4.12. The summed E-state index contributed by atoms with van der Waals surface area (Å²) < 4.78 is 0. The zero-order valence-corrected chi connectivity index (χ0v) is 22.5. The van der Waals surface area contributed by atoms with Crippen LogP contribution in [0.4, 0.5) is 0 Å². The van der Waals surface area contributed by atoms with Gasteiger partial charge < -0.3 is 16.4 Å². The van der Waals surface area contributed by atoms with E-state index in [-0.39, 0.29) is 17.8 Å². The fourth-order valence-electron chi connectivity index (χ4n) is 5.99. The van der Waals surface area contributed by atoms with Gasteiger partial charge in [0.25, 0.3) is 5.91 Å². The third kappa shape index (κ3) is 6.66. The Morgan fingerprint density at radius 1 is 0.769 bits per heavy atom. The highest BCUT2D eigenvalue weighted by Gasteiger charge is 2.28. The van der Waals surface area contributed by atoms with Gasteiger partial charge >= 0.3 is 0 Å². The Morgan fingerprint density at radius 3 is 2.10 bits per heavy atom. The molecular formula is C34H38N4O. The standard InChI is InChI=1S/C34H38N4O/c35-34(36)37-22-25-18-20-26(21-19-25)23-38(33(39)29-13-5-2-6-14-29)24-32(28-10-3-1-4-11-28)31-17-9-15-27-12-7-8-16-30(27)31/h1-17,25-26,32H,18-24H2,(H4,35,36,37). The summed E-state index contributed by atoms with van der Waals surface area (Å²) in [5.41, 5.74) is 14.3. The molecule has 1 atom stereocenters. The van der Waals surface area contributed by atoms with E-state index in [4.69, 9.17) is 11.5 Å². The number of rotatable bonds is 9. The summed E-state index contributed by atoms with van der Waals surface area (Å²) in [6.07, 6.45) is 4.32. The van der Waals surface area contributed by atoms with Crippen LogP contribution in [0.2, 0.25) is 0 Å². The first kappa shape index (κ1) is 26.5. The van der Waals surface area contributed by atoms with Crippen molar-refractivity contribution >= 4 is 22.6 Å². The minimum Gasteiger partial charge on any atom is -0.370 e. The van der Waals surface area contributed by atoms with Crippen molar-refractivity contribution in [2.24, 2.45) is 28.3 Å². The zero-order valence-electron chi connectivity index (χ0n) is 22.5. The van der Waals surface area contributed by atoms with Crippen molar-refractivity contribution < 1.29 is 4.79 Å². The molecule has 4 aromatic carbocycles. The van der Waals surface area contributed by atoms with Crippen molar-refractivity contribution in [3.63, 3.8) is 0 Å². The molecule has 200 valence electrons. The van der Waals surface area contributed by atoms with Crippen molar-refractivity contribution in [2.45, 2.75) is 31.6 Å². The van der Waals surface area contributed by atoms with Gasteiger partial charge in [-0.15, -0.1) is 0 Å². The number of carbonyl (C=O) groups is 1. The van der Waals surface area contributed by atoms with Crippen LogP contribution in [0, 0.1) is 11.8 Å². The fraction of sp³-hybridized carbons (Fsp3) is 0.294. The number of nitrogens with two attached hydrogens (primary N) is 2. The predicted molar refractivity (Wildman–Crippen MR) is 161 cm³/mol. The number of nitrogens with zero attached hydrogens (tertiary/aromatic N) is 2. The summed E-state index contributed by atoms with van der Waals surface area (Å²) in [6, 6.07) is 35.4. The molecule has 1 fully saturated rings. The van der Waals surface area contributed by atoms with Gasteiger partial charge in [-0.3, -0.25) is 9.79 Å². The highest BCUT2D eigenvalue weighted by Crippen LogP contribution is 2.34. The minimum atomic E-state index is 0.0585. The monoisotopic (exact) mass is 518 g/mol. The van der Waals surface area contributed by atoms with E-state index in [0.29, 0.717) is 24.9 Å². The van der Waals surface area contributed by atoms with Crippen molar-refractivity contribution in [2.75, 3.05) is 19.6 Å². The molecule has 5 nitrogen and oxygen atoms in total. The number of carbonyl (C=O) groups excluding carboxylic acids is 1. The molecule has 5 heteroatoms. The van der Waals surface area contributed by atoms with Gasteiger partial charge in [-0.05, 0) is 71.6 Å². The Morgan fingerprint density at radius 2 is 1.38 bits per heavy atom. The molecule has 0 saturated heterocycles. The first-order valence-electron chi connectivity index (χ1n) is 14.0. The van der Waals surface area contributed by atoms with Crippen LogP contribution in [0.25, 0.3) is 10.8 Å². The number of guanidine groups is 1. The van der Waals surface area contributed by atoms with E-state index in [1.165, 1.54) is 21.9 Å². The van der Waals surface area contributed by atoms with E-state index in [1.54, 1.807) is 0 Å². The van der Waals surface area contributed by atoms with Crippen LogP contribution in [0.5, 0.6) is 0 Å². The van der Waals surface area contributed by atoms with E-state index >= 15 is 0 Å². The molecule has 0 aromatic heterocycles. The summed E-state index contributed by atoms with van der Waals surface area (Å²) in [5.74, 6) is 1.28. The Bertz CT molecular complexity index is 1390. The average Bonchev–Trinajstić information content (AvgIpc) is 2.99. The zero-order chi connectivity index (χ0) is 27.0. The second-order valence-electron chi connectivity index (χ2n) is 10.8. The van der Waals surface area contributed by atoms with Gasteiger partial charge in [-0.2, -0.15) is 0 Å². The van der Waals surface area contributed by atoms with Crippen molar-refractivity contribution in [3.05, 3.63) is 120 Å². The summed E-state index contributed by atoms with van der Waals surface area (Å²) in [4.78, 5) is 20.4. The maximum atomic E-state index is 14.0. The molecule has 0 heterocycles. The number of amides is 1. The Kier molecular flexibility index (Phi) is 8.57. The van der Waals surface area contributed by atoms with Crippen molar-refractivity contribution in [1.82, 2.24) is 4.90 Å². The van der Waals surface area contributed by atoms with Crippen LogP contribution < -0.4 is 11.5 Å². The number of aliphatic imine (C=N–C) groups is 1. The summed E-state index contributed by atoms with van der Waals surface area (Å²) in [5, 5.41) is 2.46. The van der Waals surface area contributed by atoms with Gasteiger partial charge in [0.1, 0.15) is 0 Å². The molecule has 1 saturated carbocycles. The summed E-state index contributed by atoms with van der Waals surface area (Å²) in [6.45, 7) is 2.06. The molecule has 1 aliphatic carbocycles. The lowest BCUT2D eigenvalue weighted by Crippen LogP contribution is -2.39. The maximum absolute atomic E-state index is 14.0. The lowest BCUT2D eigenvalue weighted by Gasteiger charge is -2.35. The highest BCUT2D eigenvalue weighted by atomic mass is 16.2. The maximum Gasteiger partial charge on any atom is 0.253 e. The summed E-state index contributed by atoms with van der Waals surface area (Å²) in [7, 11) is 0. The topological polar surface area (TPSA) is 84.7 Å². The first-order chi connectivity index (χ1) is 19.1. The molecule has 1 unspecified atom stereocenters. The molecule has 4 N–H and O–H groups in total. The van der Waals surface area contributed by atoms with E-state index in [1.807, 2.05) is 30.3 Å². The minimum absolute atomic E-state index is 0.0585. The van der Waals surface area contributed by atoms with E-state index in [9.17, 15) is 4.79 Å². The molecule has 0 aliphatic heterocycles. The summed E-state index contributed by atoms with van der Waals surface area (Å²) >= 11 is 0. The van der Waals surface area contributed by atoms with Gasteiger partial charge in [0, 0.05) is 31.1 Å². The number of hydrogen-bond donors (Lipinski definition) is 2. The van der Waals surface area contributed by atoms with Gasteiger partial charge in [0.2, 0.25) is 0 Å². The van der Waals surface area contributed by atoms with Gasteiger partial charge in [0.15, 0.2) is 5.96 Å². The van der Waals surface area contributed by atoms with Gasteiger partial charge in [-0.25, -0.2) is 0 Å². The number of hydrogen-bond acceptors (Lipinski definition) is 2. The van der Waals surface area contributed by atoms with Gasteiger partial charge in [0.05, 0.1) is 0 Å². The SMILES string of the molecule is NC(N)=NCC1CCC(CN(CC(c2ccccc2)c2cccc3ccccc23)C(=O)c2ccccc2)CC1. The third-order valence-corrected chi connectivity index (χ3v) is 8.09. The molecular weight excluding hydrogens is 480 g/mol. The molecule has 39 heavy (non-hydrogen) atoms. The molecule has 0 radical (unpaired) electrons. The molecule has 5 rings (SSSR count). The van der Waals surface area contributed by atoms with E-state index in [0.717, 1.165) is 37.8 Å². The third-order valence-electron chi connectivity index (χ3n) is 8.09. The van der Waals surface area contributed by atoms with E-state index in [2.05, 4.69) is 82.7 Å². The molecule has 4 aromatic rings. The normalized spacial score (nSPS) is 17.8. The Balaban J connectivity index is 1.45. The van der Waals surface area contributed by atoms with Crippen LogP contribution in [-0.2, 0) is 0 Å². The van der Waals surface area contributed by atoms with Crippen LogP contribution >= 0.6 is 0 Å². The lowest BCUT2D eigenvalue weighted by atomic mass is 9.81. The van der Waals surface area contributed by atoms with Crippen LogP contribution in [0.3, 0.4) is 0 Å². The van der Waals surface area contributed by atoms with E-state index < -0.39 is 0 Å². The van der Waals surface area contributed by atoms with Crippen molar-refractivity contribution in [3.8, 4) is 0 Å². The highest BCUT2D eigenvalue weighted by molar-refractivity contribution is 5.94. The second-order valence-corrected chi connectivity index (χ2v) is 10.8. The fourth-order valence-corrected chi connectivity index (χ4v) is 5.99. The predicted octanol–water partition coefficient (Wildman–Crippen LogP) is 6.19. The molecule has 1 amide bonds. The molecule has 0 spiro atoms. The van der Waals surface area contributed by atoms with Crippen molar-refractivity contribution in [1.29, 1.82) is 0 Å². The second kappa shape index (κ2) is 12.6. The van der Waals surface area contributed by atoms with Crippen LogP contribution in [-0.4, -0.2) is 36.4 Å². The molecule has 1 aliphatic rings. The lowest BCUT2D eigenvalue weighted by molar-refractivity contribution is 0.0700. The average molecular weight is 519 g/mol. The van der Waals surface area contributed by atoms with Crippen LogP contribution in [0.1, 0.15) is 53.1 Å². The van der Waals surface area contributed by atoms with Gasteiger partial charge in [-0.1, -0.05) is 91.0 Å². The smallest absolute Gasteiger partial charge is 0.253 e. The largest absolute Gasteiger partial charge is 0.370 e. The first-order valence-corrected chi connectivity index (χ1v) is 14.0. The quantitative estimate of drug-likeness (QED) is 0.205. The van der Waals surface area contributed by atoms with Crippen LogP contribution in [0.15, 0.2) is 108 Å². The molecule has 0 bridgehead atoms. The number of benzene rings is 4. The number of fused-ring (bicyclic) bond motifs is 1. The Labute approximate surface area is 231 Å².